The Balaban J connectivity index is 2.07. The molecule has 110 valence electrons. The fourth-order valence-electron chi connectivity index (χ4n) is 3.35. The number of likely N-dealkylation sites (N-methyl/N-ethyl adjacent to an activating group) is 1. The molecule has 0 bridgehead atoms. The molecule has 1 aromatic heterocycles. The zero-order valence-electron chi connectivity index (χ0n) is 12.9. The second-order valence-corrected chi connectivity index (χ2v) is 6.22. The van der Waals surface area contributed by atoms with Crippen molar-refractivity contribution in [2.45, 2.75) is 32.3 Å². The molecule has 0 amide bonds. The van der Waals surface area contributed by atoms with Gasteiger partial charge in [-0.15, -0.1) is 0 Å². The van der Waals surface area contributed by atoms with E-state index in [1.54, 1.807) is 0 Å². The first-order chi connectivity index (χ1) is 9.55. The number of anilines is 1. The lowest BCUT2D eigenvalue weighted by molar-refractivity contribution is 0.0503. The van der Waals surface area contributed by atoms with Crippen LogP contribution < -0.4 is 4.90 Å². The zero-order chi connectivity index (χ0) is 14.3. The molecular formula is C15H24N4O. The molecule has 1 atom stereocenters. The molecule has 0 radical (unpaired) electrons. The number of hydrogen-bond acceptors (Lipinski definition) is 5. The van der Waals surface area contributed by atoms with Crippen LogP contribution in [0.5, 0.6) is 0 Å². The van der Waals surface area contributed by atoms with Crippen LogP contribution in [0.3, 0.4) is 0 Å². The number of nitrogens with zero attached hydrogens (tertiary/aromatic N) is 4. The van der Waals surface area contributed by atoms with Crippen LogP contribution >= 0.6 is 0 Å². The molecule has 1 aromatic rings. The van der Waals surface area contributed by atoms with Crippen molar-refractivity contribution in [3.63, 3.8) is 0 Å². The van der Waals surface area contributed by atoms with Gasteiger partial charge in [-0.1, -0.05) is 6.92 Å². The molecule has 0 unspecified atom stereocenters. The average molecular weight is 276 g/mol. The highest BCUT2D eigenvalue weighted by Gasteiger charge is 2.45. The number of rotatable bonds is 2. The number of hydrogen-bond donors (Lipinski definition) is 0. The first-order valence-corrected chi connectivity index (χ1v) is 7.41. The molecule has 1 spiro atoms. The summed E-state index contributed by atoms with van der Waals surface area (Å²) in [4.78, 5) is 14.0. The lowest BCUT2D eigenvalue weighted by Crippen LogP contribution is -2.41. The first-order valence-electron chi connectivity index (χ1n) is 7.41. The van der Waals surface area contributed by atoms with E-state index in [1.807, 2.05) is 19.0 Å². The first kappa shape index (κ1) is 13.8. The smallest absolute Gasteiger partial charge is 0.225 e. The maximum atomic E-state index is 5.89. The summed E-state index contributed by atoms with van der Waals surface area (Å²) in [7, 11) is 4.00. The van der Waals surface area contributed by atoms with E-state index in [2.05, 4.69) is 23.7 Å². The molecule has 0 N–H and O–H groups in total. The normalized spacial score (nSPS) is 26.0. The third-order valence-corrected chi connectivity index (χ3v) is 4.61. The van der Waals surface area contributed by atoms with Gasteiger partial charge in [-0.25, -0.2) is 9.97 Å². The molecule has 2 aliphatic heterocycles. The summed E-state index contributed by atoms with van der Waals surface area (Å²) in [5, 5.41) is 0. The van der Waals surface area contributed by atoms with E-state index >= 15 is 0 Å². The number of aryl methyl sites for hydroxylation is 1. The van der Waals surface area contributed by atoms with Gasteiger partial charge in [0.2, 0.25) is 5.95 Å². The van der Waals surface area contributed by atoms with E-state index in [-0.39, 0.29) is 5.41 Å². The standard InChI is InChI=1S/C15H24N4O/c1-5-19-7-6-15(9-19)10-20-8-12-11(2)16-14(18(3)4)17-13(12)15/h5-10H2,1-4H3/t15-/m0/s1. The number of fused-ring (bicyclic) bond motifs is 2. The van der Waals surface area contributed by atoms with Gasteiger partial charge >= 0.3 is 0 Å². The molecule has 1 fully saturated rings. The topological polar surface area (TPSA) is 41.5 Å². The molecule has 0 saturated carbocycles. The van der Waals surface area contributed by atoms with Crippen molar-refractivity contribution in [3.8, 4) is 0 Å². The van der Waals surface area contributed by atoms with Crippen molar-refractivity contribution in [3.05, 3.63) is 17.0 Å². The van der Waals surface area contributed by atoms with Crippen molar-refractivity contribution in [2.75, 3.05) is 45.2 Å². The van der Waals surface area contributed by atoms with Gasteiger partial charge in [0, 0.05) is 31.9 Å². The van der Waals surface area contributed by atoms with E-state index in [0.29, 0.717) is 6.61 Å². The SMILES string of the molecule is CCN1CC[C@@]2(COCc3c(C)nc(N(C)C)nc32)C1. The van der Waals surface area contributed by atoms with Crippen LogP contribution in [0.15, 0.2) is 0 Å². The molecule has 3 rings (SSSR count). The van der Waals surface area contributed by atoms with Crippen molar-refractivity contribution in [2.24, 2.45) is 0 Å². The summed E-state index contributed by atoms with van der Waals surface area (Å²) in [6.07, 6.45) is 1.14. The second kappa shape index (κ2) is 4.97. The van der Waals surface area contributed by atoms with E-state index in [4.69, 9.17) is 9.72 Å². The van der Waals surface area contributed by atoms with E-state index in [9.17, 15) is 0 Å². The van der Waals surface area contributed by atoms with Gasteiger partial charge in [0.25, 0.3) is 0 Å². The largest absolute Gasteiger partial charge is 0.376 e. The van der Waals surface area contributed by atoms with Crippen molar-refractivity contribution in [1.29, 1.82) is 0 Å². The summed E-state index contributed by atoms with van der Waals surface area (Å²) >= 11 is 0. The Hall–Kier alpha value is -1.20. The zero-order valence-corrected chi connectivity index (χ0v) is 12.9. The number of likely N-dealkylation sites (tertiary alicyclic amines) is 1. The fraction of sp³-hybridized carbons (Fsp3) is 0.733. The summed E-state index contributed by atoms with van der Waals surface area (Å²) in [6, 6.07) is 0. The Morgan fingerprint density at radius 3 is 2.80 bits per heavy atom. The molecule has 5 nitrogen and oxygen atoms in total. The van der Waals surface area contributed by atoms with E-state index < -0.39 is 0 Å². The maximum Gasteiger partial charge on any atom is 0.225 e. The van der Waals surface area contributed by atoms with Gasteiger partial charge in [0.05, 0.1) is 24.3 Å². The molecule has 3 heterocycles. The highest BCUT2D eigenvalue weighted by molar-refractivity contribution is 5.41. The van der Waals surface area contributed by atoms with Gasteiger partial charge in [-0.2, -0.15) is 0 Å². The number of aromatic nitrogens is 2. The maximum absolute atomic E-state index is 5.89. The minimum absolute atomic E-state index is 0.0715. The third kappa shape index (κ3) is 2.09. The van der Waals surface area contributed by atoms with Crippen LogP contribution in [0.25, 0.3) is 0 Å². The monoisotopic (exact) mass is 276 g/mol. The minimum Gasteiger partial charge on any atom is -0.376 e. The Labute approximate surface area is 121 Å². The number of ether oxygens (including phenoxy) is 1. The predicted molar refractivity (Wildman–Crippen MR) is 79.2 cm³/mol. The molecule has 5 heteroatoms. The average Bonchev–Trinajstić information content (AvgIpc) is 2.84. The Morgan fingerprint density at radius 2 is 2.15 bits per heavy atom. The van der Waals surface area contributed by atoms with Crippen molar-refractivity contribution < 1.29 is 4.74 Å². The van der Waals surface area contributed by atoms with Gasteiger partial charge in [0.1, 0.15) is 0 Å². The summed E-state index contributed by atoms with van der Waals surface area (Å²) in [5.41, 5.74) is 3.57. The molecule has 0 aliphatic carbocycles. The van der Waals surface area contributed by atoms with E-state index in [0.717, 1.165) is 44.3 Å². The highest BCUT2D eigenvalue weighted by Crippen LogP contribution is 2.40. The molecule has 20 heavy (non-hydrogen) atoms. The van der Waals surface area contributed by atoms with Crippen LogP contribution in [-0.2, 0) is 16.8 Å². The van der Waals surface area contributed by atoms with Crippen LogP contribution in [-0.4, -0.2) is 55.2 Å². The summed E-state index contributed by atoms with van der Waals surface area (Å²) in [5.74, 6) is 0.817. The Kier molecular flexibility index (Phi) is 3.42. The molecule has 0 aromatic carbocycles. The van der Waals surface area contributed by atoms with Gasteiger partial charge in [-0.3, -0.25) is 0 Å². The quantitative estimate of drug-likeness (QED) is 0.815. The van der Waals surface area contributed by atoms with Crippen LogP contribution in [0, 0.1) is 6.92 Å². The fourth-order valence-corrected chi connectivity index (χ4v) is 3.35. The van der Waals surface area contributed by atoms with Crippen molar-refractivity contribution in [1.82, 2.24) is 14.9 Å². The van der Waals surface area contributed by atoms with Crippen molar-refractivity contribution >= 4 is 5.95 Å². The van der Waals surface area contributed by atoms with Crippen LogP contribution in [0.1, 0.15) is 30.3 Å². The minimum atomic E-state index is 0.0715. The molecular weight excluding hydrogens is 252 g/mol. The molecule has 2 aliphatic rings. The lowest BCUT2D eigenvalue weighted by atomic mass is 9.80. The Morgan fingerprint density at radius 1 is 1.35 bits per heavy atom. The summed E-state index contributed by atoms with van der Waals surface area (Å²) in [6.45, 7) is 9.03. The summed E-state index contributed by atoms with van der Waals surface area (Å²) < 4.78 is 5.89. The van der Waals surface area contributed by atoms with E-state index in [1.165, 1.54) is 11.3 Å². The van der Waals surface area contributed by atoms with Crippen LogP contribution in [0.4, 0.5) is 5.95 Å². The molecule has 1 saturated heterocycles. The lowest BCUT2D eigenvalue weighted by Gasteiger charge is -2.35. The van der Waals surface area contributed by atoms with Gasteiger partial charge in [-0.05, 0) is 26.4 Å². The van der Waals surface area contributed by atoms with Crippen LogP contribution in [0.2, 0.25) is 0 Å². The van der Waals surface area contributed by atoms with Gasteiger partial charge in [0.15, 0.2) is 0 Å². The Bertz CT molecular complexity index is 517. The highest BCUT2D eigenvalue weighted by atomic mass is 16.5. The predicted octanol–water partition coefficient (Wildman–Crippen LogP) is 1.34. The second-order valence-electron chi connectivity index (χ2n) is 6.22. The van der Waals surface area contributed by atoms with Gasteiger partial charge < -0.3 is 14.5 Å². The third-order valence-electron chi connectivity index (χ3n) is 4.61.